The average Bonchev–Trinajstić information content (AvgIpc) is 2.80. The number of esters is 1. The van der Waals surface area contributed by atoms with Crippen molar-refractivity contribution in [2.24, 2.45) is 5.92 Å². The van der Waals surface area contributed by atoms with Gasteiger partial charge in [-0.2, -0.15) is 4.72 Å². The Morgan fingerprint density at radius 1 is 1.09 bits per heavy atom. The number of sulfonamides is 1. The van der Waals surface area contributed by atoms with E-state index in [1.807, 2.05) is 13.8 Å². The highest BCUT2D eigenvalue weighted by molar-refractivity contribution is 7.89. The summed E-state index contributed by atoms with van der Waals surface area (Å²) in [6.45, 7) is 7.59. The molecule has 0 saturated heterocycles. The Hall–Kier alpha value is -2.97. The van der Waals surface area contributed by atoms with Crippen LogP contribution in [-0.2, 0) is 21.2 Å². The summed E-state index contributed by atoms with van der Waals surface area (Å²) in [7, 11) is -3.93. The molecule has 0 fully saturated rings. The molecule has 0 unspecified atom stereocenters. The fourth-order valence-electron chi connectivity index (χ4n) is 3.61. The van der Waals surface area contributed by atoms with Gasteiger partial charge < -0.3 is 9.15 Å². The van der Waals surface area contributed by atoms with Crippen molar-refractivity contribution >= 4 is 27.0 Å². The third-order valence-corrected chi connectivity index (χ3v) is 7.36. The fourth-order valence-corrected chi connectivity index (χ4v) is 4.91. The number of nitrogens with one attached hydrogen (secondary N) is 1. The molecule has 0 spiro atoms. The molecule has 0 bridgehead atoms. The molecule has 34 heavy (non-hydrogen) atoms. The maximum Gasteiger partial charge on any atom is 0.336 e. The lowest BCUT2D eigenvalue weighted by Crippen LogP contribution is -2.46. The van der Waals surface area contributed by atoms with E-state index in [9.17, 15) is 18.0 Å². The van der Waals surface area contributed by atoms with Crippen LogP contribution in [0.4, 0.5) is 0 Å². The summed E-state index contributed by atoms with van der Waals surface area (Å²) in [5.41, 5.74) is 1.67. The van der Waals surface area contributed by atoms with E-state index in [-0.39, 0.29) is 16.6 Å². The van der Waals surface area contributed by atoms with Crippen molar-refractivity contribution in [2.45, 2.75) is 64.3 Å². The smallest absolute Gasteiger partial charge is 0.336 e. The quantitative estimate of drug-likeness (QED) is 0.253. The molecule has 3 aromatic rings. The number of carbonyl (C=O) groups is 1. The second kappa shape index (κ2) is 11.0. The maximum atomic E-state index is 13.0. The minimum absolute atomic E-state index is 0.0753. The van der Waals surface area contributed by atoms with Crippen LogP contribution in [0.25, 0.3) is 11.0 Å². The number of fused-ring (bicyclic) bond motifs is 1. The van der Waals surface area contributed by atoms with Crippen LogP contribution in [0, 0.1) is 12.8 Å². The topological polar surface area (TPSA) is 103 Å². The first-order chi connectivity index (χ1) is 16.1. The Balaban J connectivity index is 1.86. The van der Waals surface area contributed by atoms with E-state index < -0.39 is 27.7 Å². The maximum absolute atomic E-state index is 13.0. The molecule has 1 N–H and O–H groups in total. The summed E-state index contributed by atoms with van der Waals surface area (Å²) in [6, 6.07) is 11.7. The van der Waals surface area contributed by atoms with Crippen LogP contribution >= 0.6 is 0 Å². The lowest BCUT2D eigenvalue weighted by Gasteiger charge is -2.22. The van der Waals surface area contributed by atoms with Gasteiger partial charge in [-0.1, -0.05) is 51.3 Å². The predicted molar refractivity (Wildman–Crippen MR) is 131 cm³/mol. The minimum Gasteiger partial charge on any atom is -0.425 e. The largest absolute Gasteiger partial charge is 0.425 e. The van der Waals surface area contributed by atoms with E-state index in [1.165, 1.54) is 24.3 Å². The number of ether oxygens (including phenoxy) is 1. The van der Waals surface area contributed by atoms with Crippen molar-refractivity contribution in [3.63, 3.8) is 0 Å². The first kappa shape index (κ1) is 25.6. The molecule has 2 aromatic carbocycles. The standard InChI is InChI=1S/C26H31NO6S/c1-5-7-8-19-15-24(28)33-23-16-20(11-14-22(19)23)32-26(29)25(18(4)6-2)27-34(30,31)21-12-9-17(3)10-13-21/h9-16,18,25,27H,5-8H2,1-4H3/t18-,25-/m0/s1. The lowest BCUT2D eigenvalue weighted by molar-refractivity contribution is -0.137. The van der Waals surface area contributed by atoms with Gasteiger partial charge in [-0.15, -0.1) is 0 Å². The van der Waals surface area contributed by atoms with Gasteiger partial charge in [-0.3, -0.25) is 0 Å². The molecule has 0 aliphatic carbocycles. The van der Waals surface area contributed by atoms with Gasteiger partial charge in [0, 0.05) is 17.5 Å². The highest BCUT2D eigenvalue weighted by atomic mass is 32.2. The number of hydrogen-bond donors (Lipinski definition) is 1. The Kier molecular flexibility index (Phi) is 8.28. The summed E-state index contributed by atoms with van der Waals surface area (Å²) in [6.07, 6.45) is 3.23. The number of aryl methyl sites for hydroxylation is 2. The molecule has 182 valence electrons. The average molecular weight is 486 g/mol. The van der Waals surface area contributed by atoms with Crippen molar-refractivity contribution < 1.29 is 22.4 Å². The highest BCUT2D eigenvalue weighted by Gasteiger charge is 2.31. The molecule has 0 saturated carbocycles. The van der Waals surface area contributed by atoms with E-state index in [1.54, 1.807) is 31.2 Å². The van der Waals surface area contributed by atoms with Gasteiger partial charge in [0.15, 0.2) is 0 Å². The molecule has 0 aliphatic heterocycles. The predicted octanol–water partition coefficient (Wildman–Crippen LogP) is 4.74. The molecule has 0 radical (unpaired) electrons. The SMILES string of the molecule is CCCCc1cc(=O)oc2cc(OC(=O)[C@@H](NS(=O)(=O)c3ccc(C)cc3)[C@@H](C)CC)ccc12. The van der Waals surface area contributed by atoms with Crippen molar-refractivity contribution in [2.75, 3.05) is 0 Å². The number of hydrogen-bond acceptors (Lipinski definition) is 6. The molecule has 7 nitrogen and oxygen atoms in total. The Morgan fingerprint density at radius 2 is 1.79 bits per heavy atom. The lowest BCUT2D eigenvalue weighted by atomic mass is 10.0. The van der Waals surface area contributed by atoms with E-state index >= 15 is 0 Å². The van der Waals surface area contributed by atoms with Crippen LogP contribution < -0.4 is 15.1 Å². The third-order valence-electron chi connectivity index (χ3n) is 5.90. The summed E-state index contributed by atoms with van der Waals surface area (Å²) in [5, 5.41) is 0.784. The summed E-state index contributed by atoms with van der Waals surface area (Å²) < 4.78 is 39.2. The zero-order chi connectivity index (χ0) is 24.9. The zero-order valence-electron chi connectivity index (χ0n) is 20.0. The van der Waals surface area contributed by atoms with Crippen molar-refractivity contribution in [3.8, 4) is 5.75 Å². The second-order valence-corrected chi connectivity index (χ2v) is 10.3. The summed E-state index contributed by atoms with van der Waals surface area (Å²) in [4.78, 5) is 25.1. The van der Waals surface area contributed by atoms with Gasteiger partial charge in [0.2, 0.25) is 10.0 Å². The van der Waals surface area contributed by atoms with Gasteiger partial charge in [0.1, 0.15) is 17.4 Å². The molecular weight excluding hydrogens is 454 g/mol. The second-order valence-electron chi connectivity index (χ2n) is 8.57. The van der Waals surface area contributed by atoms with Crippen LogP contribution in [0.15, 0.2) is 62.6 Å². The van der Waals surface area contributed by atoms with Crippen LogP contribution in [0.2, 0.25) is 0 Å². The molecule has 3 rings (SSSR count). The fraction of sp³-hybridized carbons (Fsp3) is 0.385. The number of carbonyl (C=O) groups excluding carboxylic acids is 1. The highest BCUT2D eigenvalue weighted by Crippen LogP contribution is 2.25. The van der Waals surface area contributed by atoms with Gasteiger partial charge >= 0.3 is 11.6 Å². The monoisotopic (exact) mass is 485 g/mol. The molecule has 8 heteroatoms. The van der Waals surface area contributed by atoms with Gasteiger partial charge in [-0.25, -0.2) is 18.0 Å². The van der Waals surface area contributed by atoms with Crippen LogP contribution in [0.3, 0.4) is 0 Å². The minimum atomic E-state index is -3.93. The van der Waals surface area contributed by atoms with Crippen LogP contribution in [0.5, 0.6) is 5.75 Å². The Bertz CT molecular complexity index is 1310. The van der Waals surface area contributed by atoms with Gasteiger partial charge in [0.25, 0.3) is 0 Å². The first-order valence-electron chi connectivity index (χ1n) is 11.5. The summed E-state index contributed by atoms with van der Waals surface area (Å²) in [5.74, 6) is -0.864. The number of rotatable bonds is 10. The Labute approximate surface area is 200 Å². The third kappa shape index (κ3) is 6.12. The molecule has 0 amide bonds. The summed E-state index contributed by atoms with van der Waals surface area (Å²) >= 11 is 0. The van der Waals surface area contributed by atoms with E-state index in [2.05, 4.69) is 11.6 Å². The van der Waals surface area contributed by atoms with Crippen molar-refractivity contribution in [1.82, 2.24) is 4.72 Å². The Morgan fingerprint density at radius 3 is 2.44 bits per heavy atom. The van der Waals surface area contributed by atoms with Crippen LogP contribution in [0.1, 0.15) is 51.2 Å². The zero-order valence-corrected chi connectivity index (χ0v) is 20.8. The molecule has 1 heterocycles. The first-order valence-corrected chi connectivity index (χ1v) is 13.0. The van der Waals surface area contributed by atoms with E-state index in [0.717, 1.165) is 35.8 Å². The van der Waals surface area contributed by atoms with Gasteiger partial charge in [0.05, 0.1) is 4.90 Å². The molecule has 0 aliphatic rings. The van der Waals surface area contributed by atoms with Crippen LogP contribution in [-0.4, -0.2) is 20.4 Å². The molecule has 2 atom stereocenters. The molecule has 1 aromatic heterocycles. The van der Waals surface area contributed by atoms with Crippen molar-refractivity contribution in [3.05, 3.63) is 70.1 Å². The van der Waals surface area contributed by atoms with Gasteiger partial charge in [-0.05, 0) is 55.5 Å². The van der Waals surface area contributed by atoms with Crippen molar-refractivity contribution in [1.29, 1.82) is 0 Å². The number of benzene rings is 2. The van der Waals surface area contributed by atoms with E-state index in [4.69, 9.17) is 9.15 Å². The number of unbranched alkanes of at least 4 members (excludes halogenated alkanes) is 1. The molecular formula is C26H31NO6S. The van der Waals surface area contributed by atoms with E-state index in [0.29, 0.717) is 12.0 Å². The normalized spacial score (nSPS) is 13.5.